The normalized spacial score (nSPS) is 14.3. The average Bonchev–Trinajstić information content (AvgIpc) is 2.72. The zero-order valence-corrected chi connectivity index (χ0v) is 17.3. The van der Waals surface area contributed by atoms with Crippen LogP contribution >= 0.6 is 11.6 Å². The molecule has 1 aliphatic rings. The Hall–Kier alpha value is -2.31. The Bertz CT molecular complexity index is 968. The Balaban J connectivity index is 1.68. The molecule has 5 nitrogen and oxygen atoms in total. The number of halogens is 1. The van der Waals surface area contributed by atoms with Gasteiger partial charge in [-0.2, -0.15) is 0 Å². The molecule has 0 unspecified atom stereocenters. The number of nitrogens with zero attached hydrogens (tertiary/aromatic N) is 1. The van der Waals surface area contributed by atoms with Crippen LogP contribution in [0.4, 0.5) is 5.69 Å². The molecule has 2 aromatic carbocycles. The molecular formula is C21H23ClN2O3S. The lowest BCUT2D eigenvalue weighted by atomic mass is 9.99. The lowest BCUT2D eigenvalue weighted by Gasteiger charge is -2.20. The molecule has 0 radical (unpaired) electrons. The van der Waals surface area contributed by atoms with E-state index in [9.17, 15) is 13.2 Å². The summed E-state index contributed by atoms with van der Waals surface area (Å²) >= 11 is 5.83. The highest BCUT2D eigenvalue weighted by molar-refractivity contribution is 7.92. The van der Waals surface area contributed by atoms with Gasteiger partial charge in [-0.05, 0) is 74.2 Å². The summed E-state index contributed by atoms with van der Waals surface area (Å²) in [6, 6.07) is 12.5. The van der Waals surface area contributed by atoms with Gasteiger partial charge in [0.1, 0.15) is 0 Å². The van der Waals surface area contributed by atoms with E-state index in [2.05, 4.69) is 11.4 Å². The summed E-state index contributed by atoms with van der Waals surface area (Å²) in [6.07, 6.45) is 6.69. The Morgan fingerprint density at radius 1 is 1.07 bits per heavy atom. The van der Waals surface area contributed by atoms with Crippen molar-refractivity contribution < 1.29 is 13.2 Å². The fourth-order valence-corrected chi connectivity index (χ4v) is 4.41. The summed E-state index contributed by atoms with van der Waals surface area (Å²) in [5.41, 5.74) is 2.24. The first-order valence-electron chi connectivity index (χ1n) is 9.18. The highest BCUT2D eigenvalue weighted by atomic mass is 35.5. The number of anilines is 1. The lowest BCUT2D eigenvalue weighted by Crippen LogP contribution is -2.27. The lowest BCUT2D eigenvalue weighted by molar-refractivity contribution is 0.0956. The number of hydrogen-bond donors (Lipinski definition) is 1. The van der Waals surface area contributed by atoms with Gasteiger partial charge in [0.05, 0.1) is 10.6 Å². The monoisotopic (exact) mass is 418 g/mol. The molecule has 7 heteroatoms. The maximum Gasteiger partial charge on any atom is 0.264 e. The van der Waals surface area contributed by atoms with E-state index >= 15 is 0 Å². The molecule has 0 heterocycles. The molecule has 0 bridgehead atoms. The highest BCUT2D eigenvalue weighted by Gasteiger charge is 2.21. The van der Waals surface area contributed by atoms with Crippen molar-refractivity contribution in [3.05, 3.63) is 70.8 Å². The van der Waals surface area contributed by atoms with Gasteiger partial charge in [-0.1, -0.05) is 23.3 Å². The zero-order chi connectivity index (χ0) is 20.1. The second-order valence-corrected chi connectivity index (χ2v) is 9.17. The molecule has 0 atom stereocenters. The number of hydrogen-bond acceptors (Lipinski definition) is 3. The van der Waals surface area contributed by atoms with Crippen LogP contribution in [-0.2, 0) is 10.0 Å². The summed E-state index contributed by atoms with van der Waals surface area (Å²) in [4.78, 5) is 12.5. The average molecular weight is 419 g/mol. The molecule has 0 saturated heterocycles. The van der Waals surface area contributed by atoms with Gasteiger partial charge in [0.25, 0.3) is 15.9 Å². The third kappa shape index (κ3) is 4.75. The van der Waals surface area contributed by atoms with Gasteiger partial charge in [0.15, 0.2) is 0 Å². The molecular weight excluding hydrogens is 396 g/mol. The maximum atomic E-state index is 12.7. The smallest absolute Gasteiger partial charge is 0.264 e. The van der Waals surface area contributed by atoms with Crippen LogP contribution in [-0.4, -0.2) is 27.9 Å². The number of rotatable bonds is 6. The number of carbonyl (C=O) groups is 1. The standard InChI is InChI=1S/C21H23ClN2O3S/c1-24(28(26,27)20-13-9-18(22)10-14-20)19-11-7-17(8-12-19)21(25)23-15-16-5-3-2-4-6-16/h5,7-14H,2-4,6,15H2,1H3,(H,23,25). The number of amides is 1. The zero-order valence-electron chi connectivity index (χ0n) is 15.7. The van der Waals surface area contributed by atoms with Gasteiger partial charge in [-0.15, -0.1) is 0 Å². The Morgan fingerprint density at radius 3 is 2.36 bits per heavy atom. The summed E-state index contributed by atoms with van der Waals surface area (Å²) in [7, 11) is -2.22. The topological polar surface area (TPSA) is 66.5 Å². The van der Waals surface area contributed by atoms with Gasteiger partial charge in [0.2, 0.25) is 0 Å². The predicted molar refractivity (Wildman–Crippen MR) is 112 cm³/mol. The maximum absolute atomic E-state index is 12.7. The van der Waals surface area contributed by atoms with Crippen LogP contribution in [0.25, 0.3) is 0 Å². The SMILES string of the molecule is CN(c1ccc(C(=O)NCC2=CCCCC2)cc1)S(=O)(=O)c1ccc(Cl)cc1. The van der Waals surface area contributed by atoms with E-state index < -0.39 is 10.0 Å². The van der Waals surface area contributed by atoms with E-state index in [1.807, 2.05) is 0 Å². The van der Waals surface area contributed by atoms with Crippen LogP contribution in [0, 0.1) is 0 Å². The summed E-state index contributed by atoms with van der Waals surface area (Å²) < 4.78 is 26.7. The fraction of sp³-hybridized carbons (Fsp3) is 0.286. The van der Waals surface area contributed by atoms with E-state index in [-0.39, 0.29) is 10.8 Å². The molecule has 3 rings (SSSR count). The van der Waals surface area contributed by atoms with Gasteiger partial charge in [-0.25, -0.2) is 8.42 Å². The molecule has 0 aliphatic heterocycles. The van der Waals surface area contributed by atoms with E-state index in [1.54, 1.807) is 24.3 Å². The van der Waals surface area contributed by atoms with Crippen molar-refractivity contribution in [3.63, 3.8) is 0 Å². The van der Waals surface area contributed by atoms with Crippen molar-refractivity contribution in [1.82, 2.24) is 5.32 Å². The first-order chi connectivity index (χ1) is 13.4. The van der Waals surface area contributed by atoms with Crippen molar-refractivity contribution in [3.8, 4) is 0 Å². The molecule has 0 spiro atoms. The van der Waals surface area contributed by atoms with E-state index in [0.29, 0.717) is 22.8 Å². The van der Waals surface area contributed by atoms with Gasteiger partial charge in [-0.3, -0.25) is 9.10 Å². The second-order valence-electron chi connectivity index (χ2n) is 6.76. The molecule has 148 valence electrons. The Morgan fingerprint density at radius 2 is 1.75 bits per heavy atom. The van der Waals surface area contributed by atoms with Crippen molar-refractivity contribution in [2.24, 2.45) is 0 Å². The number of allylic oxidation sites excluding steroid dienone is 1. The second kappa shape index (κ2) is 8.80. The highest BCUT2D eigenvalue weighted by Crippen LogP contribution is 2.23. The van der Waals surface area contributed by atoms with Crippen LogP contribution in [0.2, 0.25) is 5.02 Å². The van der Waals surface area contributed by atoms with Crippen LogP contribution < -0.4 is 9.62 Å². The predicted octanol–water partition coefficient (Wildman–Crippen LogP) is 4.40. The fourth-order valence-electron chi connectivity index (χ4n) is 3.09. The number of sulfonamides is 1. The first-order valence-corrected chi connectivity index (χ1v) is 11.0. The molecule has 28 heavy (non-hydrogen) atoms. The third-order valence-electron chi connectivity index (χ3n) is 4.83. The first kappa shape index (κ1) is 20.4. The summed E-state index contributed by atoms with van der Waals surface area (Å²) in [5, 5.41) is 3.40. The van der Waals surface area contributed by atoms with Crippen molar-refractivity contribution in [2.45, 2.75) is 30.6 Å². The molecule has 1 N–H and O–H groups in total. The van der Waals surface area contributed by atoms with E-state index in [0.717, 1.165) is 12.8 Å². The van der Waals surface area contributed by atoms with Gasteiger partial charge in [0, 0.05) is 24.2 Å². The van der Waals surface area contributed by atoms with Gasteiger partial charge < -0.3 is 5.32 Å². The van der Waals surface area contributed by atoms with Crippen molar-refractivity contribution in [1.29, 1.82) is 0 Å². The Kier molecular flexibility index (Phi) is 6.42. The van der Waals surface area contributed by atoms with E-state index in [4.69, 9.17) is 11.6 Å². The third-order valence-corrected chi connectivity index (χ3v) is 6.88. The van der Waals surface area contributed by atoms with E-state index in [1.165, 1.54) is 54.0 Å². The molecule has 1 aliphatic carbocycles. The van der Waals surface area contributed by atoms with Crippen LogP contribution in [0.3, 0.4) is 0 Å². The number of nitrogens with one attached hydrogen (secondary N) is 1. The van der Waals surface area contributed by atoms with Crippen molar-refractivity contribution in [2.75, 3.05) is 17.9 Å². The summed E-state index contributed by atoms with van der Waals surface area (Å²) in [6.45, 7) is 0.561. The van der Waals surface area contributed by atoms with Crippen LogP contribution in [0.1, 0.15) is 36.0 Å². The Labute approximate surface area is 171 Å². The van der Waals surface area contributed by atoms with Gasteiger partial charge >= 0.3 is 0 Å². The number of carbonyl (C=O) groups excluding carboxylic acids is 1. The minimum atomic E-state index is -3.70. The minimum absolute atomic E-state index is 0.155. The summed E-state index contributed by atoms with van der Waals surface area (Å²) in [5.74, 6) is -0.166. The van der Waals surface area contributed by atoms with Crippen molar-refractivity contribution >= 4 is 33.2 Å². The molecule has 1 amide bonds. The minimum Gasteiger partial charge on any atom is -0.348 e. The molecule has 0 aromatic heterocycles. The van der Waals surface area contributed by atoms with Crippen LogP contribution in [0.15, 0.2) is 65.1 Å². The quantitative estimate of drug-likeness (QED) is 0.707. The number of benzene rings is 2. The molecule has 2 aromatic rings. The molecule has 0 fully saturated rings. The molecule has 0 saturated carbocycles. The van der Waals surface area contributed by atoms with Crippen LogP contribution in [0.5, 0.6) is 0 Å². The largest absolute Gasteiger partial charge is 0.348 e.